The zero-order valence-electron chi connectivity index (χ0n) is 12.0. The van der Waals surface area contributed by atoms with Crippen LogP contribution in [0.4, 0.5) is 5.69 Å². The van der Waals surface area contributed by atoms with Crippen molar-refractivity contribution >= 4 is 17.5 Å². The van der Waals surface area contributed by atoms with Gasteiger partial charge in [0.2, 0.25) is 0 Å². The molecule has 0 radical (unpaired) electrons. The number of aryl methyl sites for hydroxylation is 2. The van der Waals surface area contributed by atoms with E-state index in [1.807, 2.05) is 46.1 Å². The molecule has 0 saturated heterocycles. The molecule has 104 valence electrons. The van der Waals surface area contributed by atoms with E-state index in [0.29, 0.717) is 12.2 Å². The maximum atomic E-state index is 11.7. The second kappa shape index (κ2) is 6.89. The fourth-order valence-corrected chi connectivity index (χ4v) is 1.56. The topological polar surface area (TPSA) is 62.6 Å². The highest BCUT2D eigenvalue weighted by molar-refractivity contribution is 6.39. The Hall–Kier alpha value is -1.88. The number of benzene rings is 1. The van der Waals surface area contributed by atoms with Gasteiger partial charge in [-0.1, -0.05) is 12.1 Å². The van der Waals surface area contributed by atoms with Crippen LogP contribution in [0.15, 0.2) is 18.2 Å². The molecule has 1 rings (SSSR count). The monoisotopic (exact) mass is 264 g/mol. The van der Waals surface area contributed by atoms with E-state index >= 15 is 0 Å². The average molecular weight is 264 g/mol. The summed E-state index contributed by atoms with van der Waals surface area (Å²) in [7, 11) is 3.98. The standard InChI is InChI=1S/C14H21N3O2/c1-10-5-6-11(2)12(9-10)16-14(19)13(18)15-7-8-17(3)4/h5-6,9H,7-8H2,1-4H3,(H,15,18)(H,16,19)/p+1. The Bertz CT molecular complexity index is 470. The molecule has 0 aliphatic rings. The van der Waals surface area contributed by atoms with Gasteiger partial charge in [0.15, 0.2) is 0 Å². The molecule has 0 aliphatic carbocycles. The fourth-order valence-electron chi connectivity index (χ4n) is 1.56. The van der Waals surface area contributed by atoms with Crippen LogP contribution in [0.2, 0.25) is 0 Å². The summed E-state index contributed by atoms with van der Waals surface area (Å²) in [6, 6.07) is 5.73. The summed E-state index contributed by atoms with van der Waals surface area (Å²) in [5.74, 6) is -1.22. The molecule has 2 amide bonds. The molecule has 0 aromatic heterocycles. The van der Waals surface area contributed by atoms with E-state index < -0.39 is 11.8 Å². The highest BCUT2D eigenvalue weighted by Crippen LogP contribution is 2.15. The second-order valence-electron chi connectivity index (χ2n) is 4.99. The third kappa shape index (κ3) is 5.09. The molecule has 0 unspecified atom stereocenters. The van der Waals surface area contributed by atoms with Gasteiger partial charge in [-0.15, -0.1) is 0 Å². The quantitative estimate of drug-likeness (QED) is 0.642. The lowest BCUT2D eigenvalue weighted by Crippen LogP contribution is -3.06. The number of carbonyl (C=O) groups is 2. The van der Waals surface area contributed by atoms with Crippen LogP contribution in [0.5, 0.6) is 0 Å². The zero-order valence-corrected chi connectivity index (χ0v) is 12.0. The number of hydrogen-bond acceptors (Lipinski definition) is 2. The summed E-state index contributed by atoms with van der Waals surface area (Å²) >= 11 is 0. The van der Waals surface area contributed by atoms with E-state index in [1.54, 1.807) is 0 Å². The van der Waals surface area contributed by atoms with Crippen LogP contribution >= 0.6 is 0 Å². The molecule has 0 spiro atoms. The third-order valence-corrected chi connectivity index (χ3v) is 2.76. The molecule has 0 aliphatic heterocycles. The van der Waals surface area contributed by atoms with Crippen molar-refractivity contribution in [3.8, 4) is 0 Å². The smallest absolute Gasteiger partial charge is 0.313 e. The van der Waals surface area contributed by atoms with Gasteiger partial charge in [-0.2, -0.15) is 0 Å². The van der Waals surface area contributed by atoms with Crippen LogP contribution < -0.4 is 15.5 Å². The first-order chi connectivity index (χ1) is 8.90. The SMILES string of the molecule is Cc1ccc(C)c(NC(=O)C(=O)NCC[NH+](C)C)c1. The van der Waals surface area contributed by atoms with Gasteiger partial charge >= 0.3 is 11.8 Å². The van der Waals surface area contributed by atoms with Gasteiger partial charge in [0.05, 0.1) is 27.2 Å². The minimum absolute atomic E-state index is 0.487. The maximum Gasteiger partial charge on any atom is 0.313 e. The number of nitrogens with one attached hydrogen (secondary N) is 3. The predicted molar refractivity (Wildman–Crippen MR) is 75.2 cm³/mol. The number of quaternary nitrogens is 1. The van der Waals surface area contributed by atoms with Crippen molar-refractivity contribution in [2.24, 2.45) is 0 Å². The third-order valence-electron chi connectivity index (χ3n) is 2.76. The fraction of sp³-hybridized carbons (Fsp3) is 0.429. The Morgan fingerprint density at radius 2 is 1.84 bits per heavy atom. The number of anilines is 1. The van der Waals surface area contributed by atoms with Crippen LogP contribution in [0.1, 0.15) is 11.1 Å². The minimum atomic E-state index is -0.623. The summed E-state index contributed by atoms with van der Waals surface area (Å²) in [5, 5.41) is 5.23. The molecule has 0 heterocycles. The lowest BCUT2D eigenvalue weighted by atomic mass is 10.1. The number of carbonyl (C=O) groups excluding carboxylic acids is 2. The van der Waals surface area contributed by atoms with Crippen LogP contribution in [0.3, 0.4) is 0 Å². The number of rotatable bonds is 4. The Balaban J connectivity index is 2.54. The zero-order chi connectivity index (χ0) is 14.4. The van der Waals surface area contributed by atoms with E-state index in [2.05, 4.69) is 10.6 Å². The van der Waals surface area contributed by atoms with Crippen molar-refractivity contribution in [3.63, 3.8) is 0 Å². The summed E-state index contributed by atoms with van der Waals surface area (Å²) in [6.45, 7) is 5.10. The van der Waals surface area contributed by atoms with Crippen LogP contribution in [-0.2, 0) is 9.59 Å². The Labute approximate surface area is 114 Å². The van der Waals surface area contributed by atoms with E-state index in [4.69, 9.17) is 0 Å². The Morgan fingerprint density at radius 3 is 2.47 bits per heavy atom. The molecule has 0 bridgehead atoms. The van der Waals surface area contributed by atoms with E-state index in [9.17, 15) is 9.59 Å². The predicted octanol–water partition coefficient (Wildman–Crippen LogP) is -0.497. The van der Waals surface area contributed by atoms with Crippen LogP contribution in [-0.4, -0.2) is 39.0 Å². The minimum Gasteiger partial charge on any atom is -0.342 e. The van der Waals surface area contributed by atoms with Crippen molar-refractivity contribution in [2.45, 2.75) is 13.8 Å². The maximum absolute atomic E-state index is 11.7. The van der Waals surface area contributed by atoms with E-state index in [1.165, 1.54) is 4.90 Å². The van der Waals surface area contributed by atoms with Gasteiger partial charge in [-0.3, -0.25) is 9.59 Å². The number of likely N-dealkylation sites (N-methyl/N-ethyl adjacent to an activating group) is 1. The molecule has 19 heavy (non-hydrogen) atoms. The van der Waals surface area contributed by atoms with Gasteiger partial charge in [0.1, 0.15) is 0 Å². The van der Waals surface area contributed by atoms with Crippen LogP contribution in [0, 0.1) is 13.8 Å². The highest BCUT2D eigenvalue weighted by Gasteiger charge is 2.14. The Morgan fingerprint density at radius 1 is 1.16 bits per heavy atom. The van der Waals surface area contributed by atoms with E-state index in [-0.39, 0.29) is 0 Å². The van der Waals surface area contributed by atoms with Gasteiger partial charge in [-0.25, -0.2) is 0 Å². The lowest BCUT2D eigenvalue weighted by Gasteiger charge is -2.10. The largest absolute Gasteiger partial charge is 0.342 e. The van der Waals surface area contributed by atoms with Gasteiger partial charge in [-0.05, 0) is 31.0 Å². The van der Waals surface area contributed by atoms with Gasteiger partial charge in [0, 0.05) is 5.69 Å². The first-order valence-corrected chi connectivity index (χ1v) is 6.35. The molecule has 1 aromatic carbocycles. The molecule has 0 fully saturated rings. The van der Waals surface area contributed by atoms with Crippen LogP contribution in [0.25, 0.3) is 0 Å². The summed E-state index contributed by atoms with van der Waals surface area (Å²) in [4.78, 5) is 24.5. The van der Waals surface area contributed by atoms with Gasteiger partial charge in [0.25, 0.3) is 0 Å². The summed E-state index contributed by atoms with van der Waals surface area (Å²) in [5.41, 5.74) is 2.65. The van der Waals surface area contributed by atoms with Crippen molar-refractivity contribution < 1.29 is 14.5 Å². The first-order valence-electron chi connectivity index (χ1n) is 6.35. The van der Waals surface area contributed by atoms with Crippen molar-refractivity contribution in [1.29, 1.82) is 0 Å². The molecular weight excluding hydrogens is 242 g/mol. The summed E-state index contributed by atoms with van der Waals surface area (Å²) in [6.07, 6.45) is 0. The molecule has 1 aromatic rings. The molecule has 5 heteroatoms. The first kappa shape index (κ1) is 15.2. The molecule has 3 N–H and O–H groups in total. The highest BCUT2D eigenvalue weighted by atomic mass is 16.2. The molecular formula is C14H22N3O2+. The summed E-state index contributed by atoms with van der Waals surface area (Å²) < 4.78 is 0. The number of hydrogen-bond donors (Lipinski definition) is 3. The lowest BCUT2D eigenvalue weighted by molar-refractivity contribution is -0.856. The Kier molecular flexibility index (Phi) is 5.51. The van der Waals surface area contributed by atoms with Gasteiger partial charge < -0.3 is 15.5 Å². The van der Waals surface area contributed by atoms with Crippen molar-refractivity contribution in [3.05, 3.63) is 29.3 Å². The normalized spacial score (nSPS) is 10.4. The van der Waals surface area contributed by atoms with E-state index in [0.717, 1.165) is 17.7 Å². The molecule has 5 nitrogen and oxygen atoms in total. The van der Waals surface area contributed by atoms with Crippen molar-refractivity contribution in [2.75, 3.05) is 32.5 Å². The van der Waals surface area contributed by atoms with Crippen molar-refractivity contribution in [1.82, 2.24) is 5.32 Å². The molecule has 0 saturated carbocycles. The molecule has 0 atom stereocenters. The second-order valence-corrected chi connectivity index (χ2v) is 4.99. The number of amides is 2. The average Bonchev–Trinajstić information content (AvgIpc) is 2.33.